The van der Waals surface area contributed by atoms with Crippen LogP contribution in [0.3, 0.4) is 0 Å². The first-order valence-electron chi connectivity index (χ1n) is 10.1. The summed E-state index contributed by atoms with van der Waals surface area (Å²) < 4.78 is 3.85. The second-order valence-electron chi connectivity index (χ2n) is 7.46. The first kappa shape index (κ1) is 18.5. The molecule has 4 rings (SSSR count). The number of aromatic nitrogens is 5. The molecule has 148 valence electrons. The van der Waals surface area contributed by atoms with Gasteiger partial charge in [-0.2, -0.15) is 5.10 Å². The van der Waals surface area contributed by atoms with Crippen molar-refractivity contribution in [3.05, 3.63) is 42.1 Å². The fourth-order valence-corrected chi connectivity index (χ4v) is 3.93. The molecule has 0 unspecified atom stereocenters. The van der Waals surface area contributed by atoms with Gasteiger partial charge in [-0.3, -0.25) is 9.72 Å². The lowest BCUT2D eigenvalue weighted by Crippen LogP contribution is -2.33. The summed E-state index contributed by atoms with van der Waals surface area (Å²) in [5.74, 6) is 1.39. The number of nitrogens with zero attached hydrogens (tertiary/aromatic N) is 5. The fraction of sp³-hybridized carbons (Fsp3) is 0.500. The molecule has 1 atom stereocenters. The summed E-state index contributed by atoms with van der Waals surface area (Å²) in [7, 11) is 0. The number of urea groups is 1. The van der Waals surface area contributed by atoms with Crippen molar-refractivity contribution >= 4 is 17.6 Å². The molecule has 0 bridgehead atoms. The minimum Gasteiger partial charge on any atom is -0.329 e. The van der Waals surface area contributed by atoms with Gasteiger partial charge in [0.2, 0.25) is 5.78 Å². The number of fused-ring (bicyclic) bond motifs is 1. The molecule has 0 radical (unpaired) electrons. The van der Waals surface area contributed by atoms with E-state index in [4.69, 9.17) is 0 Å². The molecule has 3 aromatic heterocycles. The van der Waals surface area contributed by atoms with E-state index in [9.17, 15) is 4.79 Å². The third kappa shape index (κ3) is 3.85. The molecule has 28 heavy (non-hydrogen) atoms. The zero-order chi connectivity index (χ0) is 19.5. The van der Waals surface area contributed by atoms with E-state index < -0.39 is 0 Å². The van der Waals surface area contributed by atoms with E-state index in [2.05, 4.69) is 25.7 Å². The predicted molar refractivity (Wildman–Crippen MR) is 107 cm³/mol. The Kier molecular flexibility index (Phi) is 5.27. The van der Waals surface area contributed by atoms with Crippen LogP contribution in [-0.2, 0) is 0 Å². The largest absolute Gasteiger partial charge is 0.329 e. The van der Waals surface area contributed by atoms with Crippen molar-refractivity contribution in [3.8, 4) is 0 Å². The van der Waals surface area contributed by atoms with Crippen LogP contribution >= 0.6 is 0 Å². The molecule has 3 aromatic rings. The van der Waals surface area contributed by atoms with Gasteiger partial charge >= 0.3 is 6.03 Å². The molecule has 1 saturated carbocycles. The molecule has 1 aliphatic rings. The number of anilines is 1. The fourth-order valence-electron chi connectivity index (χ4n) is 3.93. The summed E-state index contributed by atoms with van der Waals surface area (Å²) in [5, 5.41) is 10.7. The van der Waals surface area contributed by atoms with Crippen LogP contribution in [0, 0.1) is 6.92 Å². The van der Waals surface area contributed by atoms with Gasteiger partial charge in [0.1, 0.15) is 5.82 Å². The SMILES string of the molecule is CC[C@@H](NC(=O)Nc1cc(C)nn1C1CCCCC1)c1cn2cccnc2n1. The molecule has 2 amide bonds. The number of carbonyl (C=O) groups excluding carboxylic acids is 1. The first-order chi connectivity index (χ1) is 13.6. The maximum absolute atomic E-state index is 12.7. The standard InChI is InChI=1S/C20H27N7O/c1-3-16(17-13-26-11-7-10-21-19(26)22-17)23-20(28)24-18-12-14(2)25-27(18)15-8-5-4-6-9-15/h7,10-13,15-16H,3-6,8-9H2,1-2H3,(H2,23,24,28)/t16-/m1/s1. The lowest BCUT2D eigenvalue weighted by Gasteiger charge is -2.24. The number of aryl methyl sites for hydroxylation is 1. The summed E-state index contributed by atoms with van der Waals surface area (Å²) >= 11 is 0. The third-order valence-electron chi connectivity index (χ3n) is 5.34. The van der Waals surface area contributed by atoms with E-state index in [-0.39, 0.29) is 12.1 Å². The van der Waals surface area contributed by atoms with Crippen molar-refractivity contribution in [3.63, 3.8) is 0 Å². The highest BCUT2D eigenvalue weighted by atomic mass is 16.2. The Bertz CT molecular complexity index is 922. The van der Waals surface area contributed by atoms with Gasteiger partial charge in [0.15, 0.2) is 0 Å². The van der Waals surface area contributed by atoms with Gasteiger partial charge in [-0.1, -0.05) is 26.2 Å². The highest BCUT2D eigenvalue weighted by molar-refractivity contribution is 5.88. The summed E-state index contributed by atoms with van der Waals surface area (Å²) in [6, 6.07) is 3.73. The van der Waals surface area contributed by atoms with Gasteiger partial charge in [-0.05, 0) is 32.3 Å². The van der Waals surface area contributed by atoms with Crippen LogP contribution < -0.4 is 10.6 Å². The number of imidazole rings is 1. The molecule has 8 heteroatoms. The molecule has 8 nitrogen and oxygen atoms in total. The number of carbonyl (C=O) groups is 1. The van der Waals surface area contributed by atoms with Crippen molar-refractivity contribution < 1.29 is 4.79 Å². The first-order valence-corrected chi connectivity index (χ1v) is 10.1. The van der Waals surface area contributed by atoms with E-state index in [0.717, 1.165) is 36.5 Å². The lowest BCUT2D eigenvalue weighted by molar-refractivity contribution is 0.247. The average Bonchev–Trinajstić information content (AvgIpc) is 3.30. The van der Waals surface area contributed by atoms with Gasteiger partial charge in [-0.25, -0.2) is 19.4 Å². The number of amides is 2. The Morgan fingerprint density at radius 3 is 2.89 bits per heavy atom. The van der Waals surface area contributed by atoms with Crippen LogP contribution in [0.2, 0.25) is 0 Å². The maximum atomic E-state index is 12.7. The van der Waals surface area contributed by atoms with Gasteiger partial charge < -0.3 is 5.32 Å². The van der Waals surface area contributed by atoms with Crippen LogP contribution in [0.4, 0.5) is 10.6 Å². The number of rotatable bonds is 5. The van der Waals surface area contributed by atoms with Crippen molar-refractivity contribution in [2.75, 3.05) is 5.32 Å². The number of hydrogen-bond donors (Lipinski definition) is 2. The number of nitrogens with one attached hydrogen (secondary N) is 2. The Morgan fingerprint density at radius 2 is 2.14 bits per heavy atom. The van der Waals surface area contributed by atoms with Gasteiger partial charge in [0.05, 0.1) is 23.5 Å². The van der Waals surface area contributed by atoms with Crippen molar-refractivity contribution in [1.29, 1.82) is 0 Å². The molecule has 2 N–H and O–H groups in total. The smallest absolute Gasteiger partial charge is 0.320 e. The monoisotopic (exact) mass is 381 g/mol. The quantitative estimate of drug-likeness (QED) is 0.699. The van der Waals surface area contributed by atoms with Crippen molar-refractivity contribution in [2.24, 2.45) is 0 Å². The van der Waals surface area contributed by atoms with Gasteiger partial charge in [0, 0.05) is 24.7 Å². The van der Waals surface area contributed by atoms with E-state index in [1.165, 1.54) is 19.3 Å². The summed E-state index contributed by atoms with van der Waals surface area (Å²) in [6.45, 7) is 3.99. The van der Waals surface area contributed by atoms with Crippen molar-refractivity contribution in [2.45, 2.75) is 64.5 Å². The molecule has 0 aliphatic heterocycles. The second-order valence-corrected chi connectivity index (χ2v) is 7.46. The predicted octanol–water partition coefficient (Wildman–Crippen LogP) is 4.01. The van der Waals surface area contributed by atoms with E-state index in [1.54, 1.807) is 6.20 Å². The zero-order valence-electron chi connectivity index (χ0n) is 16.4. The zero-order valence-corrected chi connectivity index (χ0v) is 16.4. The van der Waals surface area contributed by atoms with Crippen LogP contribution in [-0.4, -0.2) is 30.2 Å². The van der Waals surface area contributed by atoms with Crippen LogP contribution in [0.25, 0.3) is 5.78 Å². The third-order valence-corrected chi connectivity index (χ3v) is 5.34. The molecule has 0 aromatic carbocycles. The van der Waals surface area contributed by atoms with Crippen molar-refractivity contribution in [1.82, 2.24) is 29.5 Å². The van der Waals surface area contributed by atoms with E-state index >= 15 is 0 Å². The minimum absolute atomic E-state index is 0.186. The van der Waals surface area contributed by atoms with Gasteiger partial charge in [0.25, 0.3) is 0 Å². The Labute approximate surface area is 164 Å². The lowest BCUT2D eigenvalue weighted by atomic mass is 9.96. The summed E-state index contributed by atoms with van der Waals surface area (Å²) in [5.41, 5.74) is 1.72. The molecule has 1 aliphatic carbocycles. The Hall–Kier alpha value is -2.90. The van der Waals surface area contributed by atoms with Crippen LogP contribution in [0.1, 0.15) is 68.9 Å². The highest BCUT2D eigenvalue weighted by Gasteiger charge is 2.22. The van der Waals surface area contributed by atoms with Gasteiger partial charge in [-0.15, -0.1) is 0 Å². The average molecular weight is 381 g/mol. The molecule has 3 heterocycles. The Morgan fingerprint density at radius 1 is 1.32 bits per heavy atom. The highest BCUT2D eigenvalue weighted by Crippen LogP contribution is 2.30. The molecular formula is C20H27N7O. The second kappa shape index (κ2) is 8.00. The van der Waals surface area contributed by atoms with Crippen LogP contribution in [0.5, 0.6) is 0 Å². The van der Waals surface area contributed by atoms with E-state index in [0.29, 0.717) is 11.8 Å². The molecule has 0 spiro atoms. The molecule has 0 saturated heterocycles. The Balaban J connectivity index is 1.47. The normalized spacial score (nSPS) is 16.2. The summed E-state index contributed by atoms with van der Waals surface area (Å²) in [6.07, 6.45) is 12.2. The minimum atomic E-state index is -0.242. The van der Waals surface area contributed by atoms with E-state index in [1.807, 2.05) is 47.5 Å². The number of hydrogen-bond acceptors (Lipinski definition) is 4. The molecule has 1 fully saturated rings. The maximum Gasteiger partial charge on any atom is 0.320 e. The molecular weight excluding hydrogens is 354 g/mol. The summed E-state index contributed by atoms with van der Waals surface area (Å²) in [4.78, 5) is 21.5. The topological polar surface area (TPSA) is 89.1 Å². The van der Waals surface area contributed by atoms with Crippen LogP contribution in [0.15, 0.2) is 30.7 Å².